The Morgan fingerprint density at radius 3 is 1.69 bits per heavy atom. The van der Waals surface area contributed by atoms with E-state index in [2.05, 4.69) is 12.2 Å². The number of aliphatic hydroxyl groups is 1. The van der Waals surface area contributed by atoms with Gasteiger partial charge in [0.05, 0.1) is 5.60 Å². The number of nitrogens with one attached hydrogen (secondary N) is 2. The van der Waals surface area contributed by atoms with Gasteiger partial charge < -0.3 is 15.7 Å². The van der Waals surface area contributed by atoms with Crippen LogP contribution in [-0.4, -0.2) is 23.3 Å². The molecule has 0 aliphatic carbocycles. The second kappa shape index (κ2) is 15.4. The molecule has 0 saturated carbocycles. The lowest BCUT2D eigenvalue weighted by Gasteiger charge is -2.43. The molecular formula is C27H43F5N2O2. The molecule has 36 heavy (non-hydrogen) atoms. The molecule has 0 aromatic heterocycles. The van der Waals surface area contributed by atoms with Gasteiger partial charge >= 0.3 is 6.03 Å². The lowest BCUT2D eigenvalue weighted by molar-refractivity contribution is -0.102. The SMILES string of the molecule is CCCCCCCCC(CCCCNC(=O)Nc1c(F)c(F)c(F)c(F)c1F)C(O)(C(C)C)C(C)C. The molecule has 0 radical (unpaired) electrons. The van der Waals surface area contributed by atoms with Crippen LogP contribution in [0, 0.1) is 46.8 Å². The van der Waals surface area contributed by atoms with E-state index in [-0.39, 0.29) is 24.3 Å². The minimum atomic E-state index is -2.28. The molecule has 0 saturated heterocycles. The van der Waals surface area contributed by atoms with Crippen molar-refractivity contribution >= 4 is 11.7 Å². The first kappa shape index (κ1) is 32.1. The third-order valence-corrected chi connectivity index (χ3v) is 7.12. The van der Waals surface area contributed by atoms with Crippen molar-refractivity contribution in [2.75, 3.05) is 11.9 Å². The number of amides is 2. The molecule has 1 unspecified atom stereocenters. The van der Waals surface area contributed by atoms with Crippen molar-refractivity contribution < 1.29 is 31.9 Å². The Labute approximate surface area is 212 Å². The summed E-state index contributed by atoms with van der Waals surface area (Å²) in [7, 11) is 0. The van der Waals surface area contributed by atoms with Crippen LogP contribution < -0.4 is 10.6 Å². The quantitative estimate of drug-likeness (QED) is 0.0889. The summed E-state index contributed by atoms with van der Waals surface area (Å²) in [5.74, 6) is -10.5. The monoisotopic (exact) mass is 522 g/mol. The Balaban J connectivity index is 2.63. The first-order valence-electron chi connectivity index (χ1n) is 13.2. The predicted octanol–water partition coefficient (Wildman–Crippen LogP) is 8.08. The summed E-state index contributed by atoms with van der Waals surface area (Å²) in [6.45, 7) is 10.4. The third kappa shape index (κ3) is 8.60. The maximum atomic E-state index is 13.7. The van der Waals surface area contributed by atoms with Crippen molar-refractivity contribution in [1.29, 1.82) is 0 Å². The molecule has 0 aliphatic heterocycles. The Morgan fingerprint density at radius 2 is 1.19 bits per heavy atom. The Hall–Kier alpha value is -1.90. The number of carbonyl (C=O) groups is 1. The van der Waals surface area contributed by atoms with Crippen molar-refractivity contribution in [2.45, 2.75) is 104 Å². The van der Waals surface area contributed by atoms with Crippen LogP contribution in [0.4, 0.5) is 32.4 Å². The molecule has 1 aromatic rings. The Bertz CT molecular complexity index is 796. The molecule has 1 rings (SSSR count). The summed E-state index contributed by atoms with van der Waals surface area (Å²) < 4.78 is 67.2. The van der Waals surface area contributed by atoms with Crippen LogP contribution in [0.3, 0.4) is 0 Å². The number of anilines is 1. The van der Waals surface area contributed by atoms with E-state index < -0.39 is 46.4 Å². The van der Waals surface area contributed by atoms with Crippen LogP contribution in [0.2, 0.25) is 0 Å². The van der Waals surface area contributed by atoms with E-state index in [1.54, 1.807) is 5.32 Å². The average molecular weight is 523 g/mol. The highest BCUT2D eigenvalue weighted by Gasteiger charge is 2.41. The molecule has 2 amide bonds. The molecule has 9 heteroatoms. The van der Waals surface area contributed by atoms with E-state index in [0.717, 1.165) is 25.7 Å². The van der Waals surface area contributed by atoms with Gasteiger partial charge in [-0.25, -0.2) is 26.7 Å². The van der Waals surface area contributed by atoms with Crippen LogP contribution in [-0.2, 0) is 0 Å². The van der Waals surface area contributed by atoms with Crippen molar-refractivity contribution in [3.05, 3.63) is 29.1 Å². The molecule has 0 spiro atoms. The second-order valence-electron chi connectivity index (χ2n) is 10.3. The van der Waals surface area contributed by atoms with Gasteiger partial charge in [-0.3, -0.25) is 0 Å². The topological polar surface area (TPSA) is 61.4 Å². The van der Waals surface area contributed by atoms with E-state index >= 15 is 0 Å². The second-order valence-corrected chi connectivity index (χ2v) is 10.3. The number of hydrogen-bond acceptors (Lipinski definition) is 2. The van der Waals surface area contributed by atoms with Crippen LogP contribution in [0.1, 0.15) is 98.8 Å². The zero-order valence-corrected chi connectivity index (χ0v) is 22.3. The molecule has 4 nitrogen and oxygen atoms in total. The van der Waals surface area contributed by atoms with Gasteiger partial charge in [0, 0.05) is 6.54 Å². The van der Waals surface area contributed by atoms with Gasteiger partial charge in [0.1, 0.15) is 5.69 Å². The van der Waals surface area contributed by atoms with Crippen LogP contribution >= 0.6 is 0 Å². The normalized spacial score (nSPS) is 12.9. The Morgan fingerprint density at radius 1 is 0.750 bits per heavy atom. The summed E-state index contributed by atoms with van der Waals surface area (Å²) in [5, 5.41) is 15.6. The number of rotatable bonds is 16. The van der Waals surface area contributed by atoms with Gasteiger partial charge in [0.25, 0.3) is 0 Å². The predicted molar refractivity (Wildman–Crippen MR) is 133 cm³/mol. The first-order chi connectivity index (χ1) is 16.9. The molecule has 0 heterocycles. The molecular weight excluding hydrogens is 479 g/mol. The summed E-state index contributed by atoms with van der Waals surface area (Å²) in [5.41, 5.74) is -2.21. The van der Waals surface area contributed by atoms with Crippen LogP contribution in [0.25, 0.3) is 0 Å². The lowest BCUT2D eigenvalue weighted by Crippen LogP contribution is -2.48. The zero-order valence-electron chi connectivity index (χ0n) is 22.3. The summed E-state index contributed by atoms with van der Waals surface area (Å²) in [6, 6.07) is -1.07. The number of unbranched alkanes of at least 4 members (excludes halogenated alkanes) is 6. The fourth-order valence-electron chi connectivity index (χ4n) is 4.98. The number of carbonyl (C=O) groups excluding carboxylic acids is 1. The molecule has 3 N–H and O–H groups in total. The van der Waals surface area contributed by atoms with Crippen molar-refractivity contribution in [2.24, 2.45) is 17.8 Å². The van der Waals surface area contributed by atoms with E-state index in [4.69, 9.17) is 0 Å². The van der Waals surface area contributed by atoms with E-state index in [1.807, 2.05) is 27.7 Å². The fourth-order valence-corrected chi connectivity index (χ4v) is 4.98. The van der Waals surface area contributed by atoms with Gasteiger partial charge in [0.15, 0.2) is 23.3 Å². The first-order valence-corrected chi connectivity index (χ1v) is 13.2. The number of hydrogen-bond donors (Lipinski definition) is 3. The standard InChI is InChI=1S/C27H43F5N2O2/c1-6-7-8-9-10-11-14-19(27(36,17(2)3)18(4)5)15-12-13-16-33-26(35)34-25-23(31)21(29)20(28)22(30)24(25)32/h17-19,36H,6-16H2,1-5H3,(H2,33,34,35). The maximum Gasteiger partial charge on any atom is 0.319 e. The fraction of sp³-hybridized carbons (Fsp3) is 0.741. The molecule has 1 atom stereocenters. The van der Waals surface area contributed by atoms with E-state index in [9.17, 15) is 31.9 Å². The molecule has 0 aliphatic rings. The highest BCUT2D eigenvalue weighted by molar-refractivity contribution is 5.89. The van der Waals surface area contributed by atoms with Gasteiger partial charge in [-0.1, -0.05) is 79.6 Å². The molecule has 208 valence electrons. The van der Waals surface area contributed by atoms with Gasteiger partial charge in [0.2, 0.25) is 5.82 Å². The Kier molecular flexibility index (Phi) is 13.7. The maximum absolute atomic E-state index is 13.7. The van der Waals surface area contributed by atoms with Crippen molar-refractivity contribution in [3.63, 3.8) is 0 Å². The minimum absolute atomic E-state index is 0.0767. The summed E-state index contributed by atoms with van der Waals surface area (Å²) in [4.78, 5) is 12.0. The third-order valence-electron chi connectivity index (χ3n) is 7.12. The number of urea groups is 1. The summed E-state index contributed by atoms with van der Waals surface area (Å²) >= 11 is 0. The molecule has 0 bridgehead atoms. The highest BCUT2D eigenvalue weighted by atomic mass is 19.2. The number of halogens is 5. The summed E-state index contributed by atoms with van der Waals surface area (Å²) in [6.07, 6.45) is 9.89. The van der Waals surface area contributed by atoms with Gasteiger partial charge in [-0.15, -0.1) is 0 Å². The van der Waals surface area contributed by atoms with E-state index in [1.165, 1.54) is 25.7 Å². The van der Waals surface area contributed by atoms with Crippen molar-refractivity contribution in [3.8, 4) is 0 Å². The van der Waals surface area contributed by atoms with Crippen LogP contribution in [0.5, 0.6) is 0 Å². The van der Waals surface area contributed by atoms with Gasteiger partial charge in [-0.05, 0) is 37.0 Å². The smallest absolute Gasteiger partial charge is 0.319 e. The van der Waals surface area contributed by atoms with Gasteiger partial charge in [-0.2, -0.15) is 0 Å². The average Bonchev–Trinajstić information content (AvgIpc) is 2.83. The molecule has 1 aromatic carbocycles. The molecule has 0 fully saturated rings. The van der Waals surface area contributed by atoms with Crippen molar-refractivity contribution in [1.82, 2.24) is 5.32 Å². The highest BCUT2D eigenvalue weighted by Crippen LogP contribution is 2.39. The number of benzene rings is 1. The minimum Gasteiger partial charge on any atom is -0.389 e. The lowest BCUT2D eigenvalue weighted by atomic mass is 9.68. The largest absolute Gasteiger partial charge is 0.389 e. The van der Waals surface area contributed by atoms with Crippen LogP contribution in [0.15, 0.2) is 0 Å². The zero-order chi connectivity index (χ0) is 27.5. The van der Waals surface area contributed by atoms with E-state index in [0.29, 0.717) is 12.8 Å².